The average molecular weight is 461 g/mol. The van der Waals surface area contributed by atoms with Crippen molar-refractivity contribution in [2.45, 2.75) is 17.0 Å². The van der Waals surface area contributed by atoms with Crippen LogP contribution in [0.1, 0.15) is 23.6 Å². The van der Waals surface area contributed by atoms with Crippen molar-refractivity contribution < 1.29 is 14.6 Å². The zero-order chi connectivity index (χ0) is 19.2. The zero-order valence-electron chi connectivity index (χ0n) is 14.0. The summed E-state index contributed by atoms with van der Waals surface area (Å²) in [6, 6.07) is 15.4. The van der Waals surface area contributed by atoms with Crippen LogP contribution in [-0.2, 0) is 9.22 Å². The molecule has 0 radical (unpaired) electrons. The number of amides is 1. The van der Waals surface area contributed by atoms with E-state index in [1.165, 1.54) is 6.92 Å². The largest absolute Gasteiger partial charge is 0.490 e. The summed E-state index contributed by atoms with van der Waals surface area (Å²) >= 11 is 2.14. The van der Waals surface area contributed by atoms with Gasteiger partial charge in [0, 0.05) is 10.1 Å². The fourth-order valence-corrected chi connectivity index (χ4v) is 2.70. The first-order chi connectivity index (χ1) is 12.4. The van der Waals surface area contributed by atoms with Crippen LogP contribution in [0, 0.1) is 22.7 Å². The molecule has 7 heteroatoms. The minimum Gasteiger partial charge on any atom is -0.490 e. The molecule has 0 unspecified atom stereocenters. The lowest BCUT2D eigenvalue weighted by atomic mass is 10.1. The van der Waals surface area contributed by atoms with E-state index in [0.717, 1.165) is 5.56 Å². The molecule has 0 bridgehead atoms. The second-order valence-corrected chi connectivity index (χ2v) is 6.53. The molecule has 0 aliphatic heterocycles. The first-order valence-electron chi connectivity index (χ1n) is 7.65. The first kappa shape index (κ1) is 19.7. The molecule has 1 atom stereocenters. The molecule has 26 heavy (non-hydrogen) atoms. The molecule has 2 N–H and O–H groups in total. The highest BCUT2D eigenvalue weighted by atomic mass is 127. The molecular formula is C19H16IN3O3. The second kappa shape index (κ2) is 8.65. The highest BCUT2D eigenvalue weighted by Gasteiger charge is 2.31. The number of hydrogen-bond donors (Lipinski definition) is 2. The van der Waals surface area contributed by atoms with E-state index in [9.17, 15) is 9.90 Å². The number of alkyl halides is 1. The molecule has 132 valence electrons. The van der Waals surface area contributed by atoms with Crippen LogP contribution in [0.3, 0.4) is 0 Å². The van der Waals surface area contributed by atoms with E-state index in [1.807, 2.05) is 6.07 Å². The normalized spacial score (nSPS) is 12.3. The van der Waals surface area contributed by atoms with Crippen LogP contribution >= 0.6 is 22.6 Å². The maximum Gasteiger partial charge on any atom is 0.259 e. The summed E-state index contributed by atoms with van der Waals surface area (Å²) in [5.74, 6) is -0.169. The lowest BCUT2D eigenvalue weighted by Crippen LogP contribution is -2.45. The van der Waals surface area contributed by atoms with Crippen LogP contribution in [0.5, 0.6) is 5.75 Å². The Balaban J connectivity index is 2.03. The Morgan fingerprint density at radius 1 is 1.23 bits per heavy atom. The molecule has 0 aliphatic rings. The number of rotatable bonds is 6. The Labute approximate surface area is 165 Å². The molecule has 1 amide bonds. The van der Waals surface area contributed by atoms with Crippen molar-refractivity contribution in [2.24, 2.45) is 0 Å². The summed E-state index contributed by atoms with van der Waals surface area (Å²) in [5, 5.41) is 30.8. The number of carbonyl (C=O) groups is 1. The fourth-order valence-electron chi connectivity index (χ4n) is 2.07. The van der Waals surface area contributed by atoms with Crippen molar-refractivity contribution in [3.05, 3.63) is 59.2 Å². The Bertz CT molecular complexity index is 880. The predicted molar refractivity (Wildman–Crippen MR) is 105 cm³/mol. The van der Waals surface area contributed by atoms with Gasteiger partial charge in [0.05, 0.1) is 23.3 Å². The van der Waals surface area contributed by atoms with Crippen LogP contribution in [-0.4, -0.2) is 23.2 Å². The molecule has 6 nitrogen and oxygen atoms in total. The van der Waals surface area contributed by atoms with E-state index >= 15 is 0 Å². The predicted octanol–water partition coefficient (Wildman–Crippen LogP) is 3.13. The van der Waals surface area contributed by atoms with Crippen molar-refractivity contribution in [1.29, 1.82) is 10.5 Å². The molecular weight excluding hydrogens is 445 g/mol. The molecule has 2 aromatic carbocycles. The summed E-state index contributed by atoms with van der Waals surface area (Å²) in [6.07, 6.45) is 0. The standard InChI is InChI=1S/C19H16IN3O3/c1-19(25,12-26-17-6-2-13(10-21)3-7-17)18(24)23-16-5-4-14(11-22)15(8-16)9-20/h2-8,25H,9,12H2,1H3,(H,23,24)/t19-/m0/s1. The lowest BCUT2D eigenvalue weighted by Gasteiger charge is -2.22. The number of halogens is 1. The van der Waals surface area contributed by atoms with E-state index in [1.54, 1.807) is 42.5 Å². The summed E-state index contributed by atoms with van der Waals surface area (Å²) in [7, 11) is 0. The van der Waals surface area contributed by atoms with Crippen LogP contribution < -0.4 is 10.1 Å². The maximum absolute atomic E-state index is 12.4. The van der Waals surface area contributed by atoms with Gasteiger partial charge in [0.15, 0.2) is 5.60 Å². The quantitative estimate of drug-likeness (QED) is 0.508. The third-order valence-corrected chi connectivity index (χ3v) is 4.44. The van der Waals surface area contributed by atoms with E-state index in [4.69, 9.17) is 15.3 Å². The molecule has 0 aliphatic carbocycles. The van der Waals surface area contributed by atoms with E-state index in [-0.39, 0.29) is 6.61 Å². The summed E-state index contributed by atoms with van der Waals surface area (Å²) in [4.78, 5) is 12.4. The number of hydrogen-bond acceptors (Lipinski definition) is 5. The van der Waals surface area contributed by atoms with Crippen LogP contribution in [0.15, 0.2) is 42.5 Å². The number of anilines is 1. The van der Waals surface area contributed by atoms with Crippen molar-refractivity contribution in [3.8, 4) is 17.9 Å². The third kappa shape index (κ3) is 4.94. The van der Waals surface area contributed by atoms with E-state index in [2.05, 4.69) is 34.0 Å². The maximum atomic E-state index is 12.4. The molecule has 0 saturated carbocycles. The summed E-state index contributed by atoms with van der Waals surface area (Å²) < 4.78 is 6.07. The van der Waals surface area contributed by atoms with Crippen molar-refractivity contribution in [1.82, 2.24) is 0 Å². The molecule has 0 fully saturated rings. The van der Waals surface area contributed by atoms with Crippen LogP contribution in [0.4, 0.5) is 5.69 Å². The average Bonchev–Trinajstić information content (AvgIpc) is 2.66. The number of nitrogens with one attached hydrogen (secondary N) is 1. The Kier molecular flexibility index (Phi) is 6.56. The van der Waals surface area contributed by atoms with Gasteiger partial charge in [-0.15, -0.1) is 0 Å². The first-order valence-corrected chi connectivity index (χ1v) is 9.18. The van der Waals surface area contributed by atoms with Gasteiger partial charge in [0.1, 0.15) is 12.4 Å². The molecule has 2 rings (SSSR count). The highest BCUT2D eigenvalue weighted by molar-refractivity contribution is 14.1. The topological polar surface area (TPSA) is 106 Å². The van der Waals surface area contributed by atoms with Crippen LogP contribution in [0.25, 0.3) is 0 Å². The number of nitriles is 2. The Morgan fingerprint density at radius 3 is 2.50 bits per heavy atom. The fraction of sp³-hybridized carbons (Fsp3) is 0.211. The summed E-state index contributed by atoms with van der Waals surface area (Å²) in [5.41, 5.74) is 0.590. The van der Waals surface area contributed by atoms with Crippen molar-refractivity contribution in [2.75, 3.05) is 11.9 Å². The van der Waals surface area contributed by atoms with Gasteiger partial charge in [-0.25, -0.2) is 0 Å². The van der Waals surface area contributed by atoms with Gasteiger partial charge < -0.3 is 15.2 Å². The molecule has 0 saturated heterocycles. The van der Waals surface area contributed by atoms with Gasteiger partial charge in [-0.05, 0) is 55.0 Å². The van der Waals surface area contributed by atoms with Gasteiger partial charge in [-0.1, -0.05) is 22.6 Å². The van der Waals surface area contributed by atoms with Gasteiger partial charge in [0.25, 0.3) is 5.91 Å². The van der Waals surface area contributed by atoms with Gasteiger partial charge in [0.2, 0.25) is 0 Å². The Morgan fingerprint density at radius 2 is 1.92 bits per heavy atom. The second-order valence-electron chi connectivity index (χ2n) is 5.77. The number of ether oxygens (including phenoxy) is 1. The highest BCUT2D eigenvalue weighted by Crippen LogP contribution is 2.20. The van der Waals surface area contributed by atoms with Gasteiger partial charge >= 0.3 is 0 Å². The number of benzene rings is 2. The number of aliphatic hydroxyl groups is 1. The minimum atomic E-state index is -1.76. The molecule has 0 heterocycles. The zero-order valence-corrected chi connectivity index (χ0v) is 16.1. The molecule has 2 aromatic rings. The van der Waals surface area contributed by atoms with Crippen molar-refractivity contribution >= 4 is 34.2 Å². The lowest BCUT2D eigenvalue weighted by molar-refractivity contribution is -0.135. The monoisotopic (exact) mass is 461 g/mol. The smallest absolute Gasteiger partial charge is 0.259 e. The van der Waals surface area contributed by atoms with E-state index < -0.39 is 11.5 Å². The number of carbonyl (C=O) groups excluding carboxylic acids is 1. The van der Waals surface area contributed by atoms with Crippen LogP contribution in [0.2, 0.25) is 0 Å². The number of nitrogens with zero attached hydrogens (tertiary/aromatic N) is 2. The van der Waals surface area contributed by atoms with Gasteiger partial charge in [-0.2, -0.15) is 10.5 Å². The molecule has 0 spiro atoms. The molecule has 0 aromatic heterocycles. The summed E-state index contributed by atoms with van der Waals surface area (Å²) in [6.45, 7) is 1.11. The Hall–Kier alpha value is -2.62. The minimum absolute atomic E-state index is 0.250. The van der Waals surface area contributed by atoms with Crippen molar-refractivity contribution in [3.63, 3.8) is 0 Å². The van der Waals surface area contributed by atoms with Gasteiger partial charge in [-0.3, -0.25) is 4.79 Å². The third-order valence-electron chi connectivity index (χ3n) is 3.62. The SMILES string of the molecule is C[C@](O)(COc1ccc(C#N)cc1)C(=O)Nc1ccc(C#N)c(CI)c1. The van der Waals surface area contributed by atoms with E-state index in [0.29, 0.717) is 27.0 Å².